The molecule has 0 spiro atoms. The summed E-state index contributed by atoms with van der Waals surface area (Å²) in [5.74, 6) is 0. The molecular formula is C14H17NO. The van der Waals surface area contributed by atoms with E-state index in [2.05, 4.69) is 11.9 Å². The molecule has 2 rings (SSSR count). The average molecular weight is 215 g/mol. The number of unbranched alkanes of at least 4 members (excludes halogenated alkanes) is 1. The fraction of sp³-hybridized carbons (Fsp3) is 0.357. The molecule has 16 heavy (non-hydrogen) atoms. The molecule has 0 saturated carbocycles. The van der Waals surface area contributed by atoms with E-state index in [9.17, 15) is 5.11 Å². The van der Waals surface area contributed by atoms with Crippen molar-refractivity contribution in [2.75, 3.05) is 0 Å². The van der Waals surface area contributed by atoms with E-state index in [1.165, 1.54) is 0 Å². The third-order valence-electron chi connectivity index (χ3n) is 2.84. The van der Waals surface area contributed by atoms with Crippen LogP contribution in [0.15, 0.2) is 36.5 Å². The van der Waals surface area contributed by atoms with Crippen LogP contribution in [0.5, 0.6) is 0 Å². The molecule has 1 N–H and O–H groups in total. The van der Waals surface area contributed by atoms with Gasteiger partial charge in [-0.05, 0) is 30.2 Å². The van der Waals surface area contributed by atoms with Gasteiger partial charge in [0.1, 0.15) is 0 Å². The number of rotatable bonds is 4. The molecule has 0 radical (unpaired) electrons. The summed E-state index contributed by atoms with van der Waals surface area (Å²) in [6.07, 6.45) is 4.46. The van der Waals surface area contributed by atoms with Gasteiger partial charge in [0.25, 0.3) is 0 Å². The molecule has 2 heteroatoms. The van der Waals surface area contributed by atoms with Gasteiger partial charge in [0, 0.05) is 11.6 Å². The molecule has 0 amide bonds. The van der Waals surface area contributed by atoms with E-state index in [1.54, 1.807) is 6.20 Å². The van der Waals surface area contributed by atoms with E-state index >= 15 is 0 Å². The van der Waals surface area contributed by atoms with Crippen LogP contribution in [-0.2, 0) is 0 Å². The third kappa shape index (κ3) is 2.39. The number of aliphatic hydroxyl groups excluding tert-OH is 1. The first kappa shape index (κ1) is 11.1. The second kappa shape index (κ2) is 5.08. The number of fused-ring (bicyclic) bond motifs is 1. The van der Waals surface area contributed by atoms with Crippen molar-refractivity contribution in [3.8, 4) is 0 Å². The first-order valence-corrected chi connectivity index (χ1v) is 5.84. The van der Waals surface area contributed by atoms with Gasteiger partial charge in [-0.15, -0.1) is 0 Å². The van der Waals surface area contributed by atoms with Crippen molar-refractivity contribution in [2.45, 2.75) is 32.3 Å². The van der Waals surface area contributed by atoms with Crippen molar-refractivity contribution in [2.24, 2.45) is 0 Å². The van der Waals surface area contributed by atoms with Gasteiger partial charge in [0.15, 0.2) is 0 Å². The molecular weight excluding hydrogens is 198 g/mol. The summed E-state index contributed by atoms with van der Waals surface area (Å²) in [6.45, 7) is 2.14. The normalized spacial score (nSPS) is 12.9. The van der Waals surface area contributed by atoms with E-state index in [1.807, 2.05) is 30.3 Å². The van der Waals surface area contributed by atoms with E-state index in [-0.39, 0.29) is 6.10 Å². The van der Waals surface area contributed by atoms with Gasteiger partial charge in [0.2, 0.25) is 0 Å². The molecule has 0 aliphatic heterocycles. The highest BCUT2D eigenvalue weighted by Crippen LogP contribution is 2.22. The van der Waals surface area contributed by atoms with Gasteiger partial charge in [0.05, 0.1) is 11.6 Å². The van der Waals surface area contributed by atoms with Crippen molar-refractivity contribution in [3.05, 3.63) is 42.1 Å². The van der Waals surface area contributed by atoms with Crippen molar-refractivity contribution in [3.63, 3.8) is 0 Å². The molecule has 0 saturated heterocycles. The minimum absolute atomic E-state index is 0.343. The molecule has 1 unspecified atom stereocenters. The molecule has 84 valence electrons. The van der Waals surface area contributed by atoms with E-state index < -0.39 is 0 Å². The molecule has 0 aliphatic carbocycles. The van der Waals surface area contributed by atoms with Gasteiger partial charge < -0.3 is 5.11 Å². The second-order valence-corrected chi connectivity index (χ2v) is 4.11. The zero-order valence-corrected chi connectivity index (χ0v) is 9.56. The Hall–Kier alpha value is -1.41. The third-order valence-corrected chi connectivity index (χ3v) is 2.84. The highest BCUT2D eigenvalue weighted by molar-refractivity contribution is 5.78. The fourth-order valence-corrected chi connectivity index (χ4v) is 1.87. The lowest BCUT2D eigenvalue weighted by Gasteiger charge is -2.10. The standard InChI is InChI=1S/C14H17NO/c1-2-3-6-14(16)12-7-8-13-11(10-12)5-4-9-15-13/h4-5,7-10,14,16H,2-3,6H2,1H3. The Morgan fingerprint density at radius 2 is 2.19 bits per heavy atom. The highest BCUT2D eigenvalue weighted by atomic mass is 16.3. The van der Waals surface area contributed by atoms with Crippen LogP contribution in [0.3, 0.4) is 0 Å². The van der Waals surface area contributed by atoms with Crippen LogP contribution in [-0.4, -0.2) is 10.1 Å². The van der Waals surface area contributed by atoms with Crippen molar-refractivity contribution in [1.82, 2.24) is 4.98 Å². The molecule has 1 atom stereocenters. The van der Waals surface area contributed by atoms with E-state index in [4.69, 9.17) is 0 Å². The monoisotopic (exact) mass is 215 g/mol. The highest BCUT2D eigenvalue weighted by Gasteiger charge is 2.07. The predicted octanol–water partition coefficient (Wildman–Crippen LogP) is 3.46. The van der Waals surface area contributed by atoms with Crippen molar-refractivity contribution in [1.29, 1.82) is 0 Å². The van der Waals surface area contributed by atoms with Crippen LogP contribution >= 0.6 is 0 Å². The predicted molar refractivity (Wildman–Crippen MR) is 66.2 cm³/mol. The van der Waals surface area contributed by atoms with Crippen molar-refractivity contribution < 1.29 is 5.11 Å². The summed E-state index contributed by atoms with van der Waals surface area (Å²) in [4.78, 5) is 4.26. The summed E-state index contributed by atoms with van der Waals surface area (Å²) >= 11 is 0. The summed E-state index contributed by atoms with van der Waals surface area (Å²) in [5.41, 5.74) is 1.97. The van der Waals surface area contributed by atoms with Crippen LogP contribution < -0.4 is 0 Å². The Morgan fingerprint density at radius 3 is 3.00 bits per heavy atom. The van der Waals surface area contributed by atoms with Gasteiger partial charge >= 0.3 is 0 Å². The lowest BCUT2D eigenvalue weighted by atomic mass is 10.0. The first-order chi connectivity index (χ1) is 7.81. The SMILES string of the molecule is CCCCC(O)c1ccc2ncccc2c1. The number of benzene rings is 1. The average Bonchev–Trinajstić information content (AvgIpc) is 2.35. The lowest BCUT2D eigenvalue weighted by molar-refractivity contribution is 0.164. The number of nitrogens with zero attached hydrogens (tertiary/aromatic N) is 1. The van der Waals surface area contributed by atoms with Crippen LogP contribution in [0.4, 0.5) is 0 Å². The van der Waals surface area contributed by atoms with E-state index in [0.717, 1.165) is 35.7 Å². The molecule has 0 bridgehead atoms. The summed E-state index contributed by atoms with van der Waals surface area (Å²) in [5, 5.41) is 11.1. The Kier molecular flexibility index (Phi) is 3.52. The lowest BCUT2D eigenvalue weighted by Crippen LogP contribution is -1.97. The molecule has 0 aliphatic rings. The molecule has 1 heterocycles. The van der Waals surface area contributed by atoms with Gasteiger partial charge in [-0.1, -0.05) is 31.9 Å². The maximum absolute atomic E-state index is 9.99. The van der Waals surface area contributed by atoms with Crippen LogP contribution in [0.25, 0.3) is 10.9 Å². The van der Waals surface area contributed by atoms with Crippen molar-refractivity contribution >= 4 is 10.9 Å². The number of hydrogen-bond acceptors (Lipinski definition) is 2. The summed E-state index contributed by atoms with van der Waals surface area (Å²) in [6, 6.07) is 9.92. The molecule has 2 nitrogen and oxygen atoms in total. The number of aliphatic hydroxyl groups is 1. The minimum Gasteiger partial charge on any atom is -0.388 e. The van der Waals surface area contributed by atoms with Crippen LogP contribution in [0, 0.1) is 0 Å². The Labute approximate surface area is 96.0 Å². The molecule has 1 aromatic heterocycles. The number of aromatic nitrogens is 1. The minimum atomic E-state index is -0.343. The maximum Gasteiger partial charge on any atom is 0.0790 e. The Morgan fingerprint density at radius 1 is 1.31 bits per heavy atom. The Bertz CT molecular complexity index is 467. The molecule has 2 aromatic rings. The van der Waals surface area contributed by atoms with Gasteiger partial charge in [-0.3, -0.25) is 4.98 Å². The Balaban J connectivity index is 2.25. The van der Waals surface area contributed by atoms with E-state index in [0.29, 0.717) is 0 Å². The van der Waals surface area contributed by atoms with Crippen LogP contribution in [0.2, 0.25) is 0 Å². The van der Waals surface area contributed by atoms with Gasteiger partial charge in [-0.2, -0.15) is 0 Å². The maximum atomic E-state index is 9.99. The number of hydrogen-bond donors (Lipinski definition) is 1. The fourth-order valence-electron chi connectivity index (χ4n) is 1.87. The molecule has 0 fully saturated rings. The summed E-state index contributed by atoms with van der Waals surface area (Å²) in [7, 11) is 0. The van der Waals surface area contributed by atoms with Gasteiger partial charge in [-0.25, -0.2) is 0 Å². The second-order valence-electron chi connectivity index (χ2n) is 4.11. The quantitative estimate of drug-likeness (QED) is 0.847. The summed E-state index contributed by atoms with van der Waals surface area (Å²) < 4.78 is 0. The smallest absolute Gasteiger partial charge is 0.0790 e. The largest absolute Gasteiger partial charge is 0.388 e. The zero-order valence-electron chi connectivity index (χ0n) is 9.56. The van der Waals surface area contributed by atoms with Crippen LogP contribution in [0.1, 0.15) is 37.9 Å². The first-order valence-electron chi connectivity index (χ1n) is 5.84. The molecule has 1 aromatic carbocycles. The number of pyridine rings is 1. The zero-order chi connectivity index (χ0) is 11.4. The topological polar surface area (TPSA) is 33.1 Å².